The Balaban J connectivity index is 1.07. The summed E-state index contributed by atoms with van der Waals surface area (Å²) in [6.07, 6.45) is 8.75. The van der Waals surface area contributed by atoms with Gasteiger partial charge in [0.1, 0.15) is 11.9 Å². The number of likely N-dealkylation sites (tertiary alicyclic amines) is 1. The number of nitrogens with one attached hydrogen (secondary N) is 1. The summed E-state index contributed by atoms with van der Waals surface area (Å²) in [6.45, 7) is 5.32. The van der Waals surface area contributed by atoms with E-state index in [4.69, 9.17) is 9.47 Å². The molecule has 3 aliphatic heterocycles. The Bertz CT molecular complexity index is 865. The second kappa shape index (κ2) is 9.24. The van der Waals surface area contributed by atoms with Crippen molar-refractivity contribution in [3.63, 3.8) is 0 Å². The predicted molar refractivity (Wildman–Crippen MR) is 118 cm³/mol. The van der Waals surface area contributed by atoms with Gasteiger partial charge in [0.2, 0.25) is 0 Å². The number of amides is 2. The molecule has 2 saturated heterocycles. The fraction of sp³-hybridized carbons (Fsp3) is 0.500. The monoisotopic (exact) mass is 422 g/mol. The highest BCUT2D eigenvalue weighted by molar-refractivity contribution is 5.89. The molecule has 3 aliphatic rings. The summed E-state index contributed by atoms with van der Waals surface area (Å²) in [5, 5.41) is 2.98. The topological polar surface area (TPSA) is 66.9 Å². The largest absolute Gasteiger partial charge is 0.490 e. The first-order chi connectivity index (χ1) is 15.2. The van der Waals surface area contributed by atoms with Crippen molar-refractivity contribution >= 4 is 11.7 Å². The number of urea groups is 1. The predicted octanol–water partition coefficient (Wildman–Crippen LogP) is 3.65. The molecule has 7 nitrogen and oxygen atoms in total. The van der Waals surface area contributed by atoms with Gasteiger partial charge in [-0.25, -0.2) is 4.79 Å². The highest BCUT2D eigenvalue weighted by Gasteiger charge is 2.25. The molecule has 0 radical (unpaired) electrons. The molecule has 2 amide bonds. The molecule has 1 aromatic heterocycles. The standard InChI is InChI=1S/C24H30N4O3/c29-24(28-15-18-7-10-25-14-19(18)16-28)26-20-3-5-21(6-4-20)31-22-8-11-27(12-9-22)17-23-2-1-13-30-23/h3-7,10,14,22-23H,1-2,8-9,11-13,15-17H2,(H,26,29). The van der Waals surface area contributed by atoms with Crippen LogP contribution in [0.4, 0.5) is 10.5 Å². The number of aromatic nitrogens is 1. The summed E-state index contributed by atoms with van der Waals surface area (Å²) in [6, 6.07) is 9.58. The molecule has 1 atom stereocenters. The Hall–Kier alpha value is -2.64. The van der Waals surface area contributed by atoms with E-state index in [-0.39, 0.29) is 12.1 Å². The Morgan fingerprint density at radius 2 is 1.90 bits per heavy atom. The summed E-state index contributed by atoms with van der Waals surface area (Å²) in [5.74, 6) is 0.857. The lowest BCUT2D eigenvalue weighted by atomic mass is 10.1. The van der Waals surface area contributed by atoms with E-state index in [0.717, 1.165) is 61.6 Å². The van der Waals surface area contributed by atoms with Gasteiger partial charge in [-0.05, 0) is 67.1 Å². The molecule has 164 valence electrons. The van der Waals surface area contributed by atoms with Gasteiger partial charge in [-0.15, -0.1) is 0 Å². The van der Waals surface area contributed by atoms with E-state index < -0.39 is 0 Å². The van der Waals surface area contributed by atoms with Gasteiger partial charge in [-0.3, -0.25) is 4.98 Å². The molecule has 0 aliphatic carbocycles. The highest BCUT2D eigenvalue weighted by atomic mass is 16.5. The van der Waals surface area contributed by atoms with Gasteiger partial charge >= 0.3 is 6.03 Å². The number of benzene rings is 1. The lowest BCUT2D eigenvalue weighted by Gasteiger charge is -2.33. The van der Waals surface area contributed by atoms with E-state index in [1.54, 1.807) is 11.1 Å². The summed E-state index contributed by atoms with van der Waals surface area (Å²) in [5.41, 5.74) is 3.05. The van der Waals surface area contributed by atoms with Crippen molar-refractivity contribution in [3.8, 4) is 5.75 Å². The van der Waals surface area contributed by atoms with Crippen LogP contribution in [0.25, 0.3) is 0 Å². The zero-order chi connectivity index (χ0) is 21.0. The van der Waals surface area contributed by atoms with Crippen LogP contribution in [0, 0.1) is 0 Å². The molecule has 2 fully saturated rings. The lowest BCUT2D eigenvalue weighted by molar-refractivity contribution is 0.0440. The van der Waals surface area contributed by atoms with E-state index >= 15 is 0 Å². The Labute approximate surface area is 183 Å². The molecule has 1 aromatic carbocycles. The molecular weight excluding hydrogens is 392 g/mol. The van der Waals surface area contributed by atoms with Crippen molar-refractivity contribution in [1.29, 1.82) is 0 Å². The zero-order valence-corrected chi connectivity index (χ0v) is 17.8. The van der Waals surface area contributed by atoms with Crippen LogP contribution in [0.5, 0.6) is 5.75 Å². The fourth-order valence-electron chi connectivity index (χ4n) is 4.66. The number of carbonyl (C=O) groups excluding carboxylic acids is 1. The van der Waals surface area contributed by atoms with Crippen LogP contribution in [-0.4, -0.2) is 59.3 Å². The number of nitrogens with zero attached hydrogens (tertiary/aromatic N) is 3. The van der Waals surface area contributed by atoms with Crippen LogP contribution in [-0.2, 0) is 17.8 Å². The fourth-order valence-corrected chi connectivity index (χ4v) is 4.66. The van der Waals surface area contributed by atoms with Crippen molar-refractivity contribution in [3.05, 3.63) is 53.9 Å². The molecule has 0 saturated carbocycles. The molecule has 1 unspecified atom stereocenters. The average Bonchev–Trinajstić information content (AvgIpc) is 3.46. The number of ether oxygens (including phenoxy) is 2. The number of hydrogen-bond donors (Lipinski definition) is 1. The number of hydrogen-bond acceptors (Lipinski definition) is 5. The Morgan fingerprint density at radius 1 is 1.10 bits per heavy atom. The number of rotatable bonds is 5. The third-order valence-corrected chi connectivity index (χ3v) is 6.44. The van der Waals surface area contributed by atoms with Crippen molar-refractivity contribution in [2.75, 3.05) is 31.6 Å². The zero-order valence-electron chi connectivity index (χ0n) is 17.8. The second-order valence-corrected chi connectivity index (χ2v) is 8.71. The van der Waals surface area contributed by atoms with E-state index in [0.29, 0.717) is 19.2 Å². The summed E-state index contributed by atoms with van der Waals surface area (Å²) >= 11 is 0. The van der Waals surface area contributed by atoms with Gasteiger partial charge < -0.3 is 24.6 Å². The maximum atomic E-state index is 12.6. The first-order valence-electron chi connectivity index (χ1n) is 11.3. The minimum Gasteiger partial charge on any atom is -0.490 e. The minimum absolute atomic E-state index is 0.0940. The van der Waals surface area contributed by atoms with Gasteiger partial charge in [-0.1, -0.05) is 0 Å². The molecule has 7 heteroatoms. The normalized spacial score (nSPS) is 21.8. The molecular formula is C24H30N4O3. The molecule has 0 bridgehead atoms. The van der Waals surface area contributed by atoms with Gasteiger partial charge in [0.15, 0.2) is 0 Å². The third-order valence-electron chi connectivity index (χ3n) is 6.44. The van der Waals surface area contributed by atoms with E-state index in [1.165, 1.54) is 12.8 Å². The molecule has 4 heterocycles. The number of fused-ring (bicyclic) bond motifs is 1. The third kappa shape index (κ3) is 4.99. The van der Waals surface area contributed by atoms with Gasteiger partial charge in [-0.2, -0.15) is 0 Å². The molecule has 31 heavy (non-hydrogen) atoms. The maximum Gasteiger partial charge on any atom is 0.322 e. The van der Waals surface area contributed by atoms with Gasteiger partial charge in [0.25, 0.3) is 0 Å². The average molecular weight is 423 g/mol. The first-order valence-corrected chi connectivity index (χ1v) is 11.3. The van der Waals surface area contributed by atoms with Crippen LogP contribution in [0.1, 0.15) is 36.8 Å². The number of anilines is 1. The van der Waals surface area contributed by atoms with E-state index in [2.05, 4.69) is 15.2 Å². The molecule has 2 aromatic rings. The van der Waals surface area contributed by atoms with Crippen LogP contribution >= 0.6 is 0 Å². The van der Waals surface area contributed by atoms with Crippen molar-refractivity contribution in [2.24, 2.45) is 0 Å². The summed E-state index contributed by atoms with van der Waals surface area (Å²) in [7, 11) is 0. The van der Waals surface area contributed by atoms with Crippen LogP contribution in [0.2, 0.25) is 0 Å². The maximum absolute atomic E-state index is 12.6. The minimum atomic E-state index is -0.0940. The first kappa shape index (κ1) is 20.3. The Morgan fingerprint density at radius 3 is 2.65 bits per heavy atom. The smallest absolute Gasteiger partial charge is 0.322 e. The number of carbonyl (C=O) groups is 1. The van der Waals surface area contributed by atoms with Crippen LogP contribution in [0.15, 0.2) is 42.7 Å². The summed E-state index contributed by atoms with van der Waals surface area (Å²) in [4.78, 5) is 21.0. The number of pyridine rings is 1. The van der Waals surface area contributed by atoms with Crippen molar-refractivity contribution in [1.82, 2.24) is 14.8 Å². The van der Waals surface area contributed by atoms with E-state index in [1.807, 2.05) is 36.5 Å². The SMILES string of the molecule is O=C(Nc1ccc(OC2CCN(CC3CCCO3)CC2)cc1)N1Cc2ccncc2C1. The summed E-state index contributed by atoms with van der Waals surface area (Å²) < 4.78 is 11.9. The van der Waals surface area contributed by atoms with Gasteiger partial charge in [0, 0.05) is 57.4 Å². The molecule has 1 N–H and O–H groups in total. The second-order valence-electron chi connectivity index (χ2n) is 8.71. The van der Waals surface area contributed by atoms with Crippen LogP contribution in [0.3, 0.4) is 0 Å². The highest BCUT2D eigenvalue weighted by Crippen LogP contribution is 2.24. The van der Waals surface area contributed by atoms with Crippen LogP contribution < -0.4 is 10.1 Å². The lowest BCUT2D eigenvalue weighted by Crippen LogP contribution is -2.41. The quantitative estimate of drug-likeness (QED) is 0.797. The molecule has 0 spiro atoms. The van der Waals surface area contributed by atoms with E-state index in [9.17, 15) is 4.79 Å². The van der Waals surface area contributed by atoms with Crippen molar-refractivity contribution in [2.45, 2.75) is 51.0 Å². The Kier molecular flexibility index (Phi) is 6.04. The molecule has 5 rings (SSSR count). The number of piperidine rings is 1. The van der Waals surface area contributed by atoms with Gasteiger partial charge in [0.05, 0.1) is 6.10 Å². The van der Waals surface area contributed by atoms with Crippen molar-refractivity contribution < 1.29 is 14.3 Å².